The SMILES string of the molecule is CSc1nc(NCC(O)C(O)CO)c2[nH]cnc2n1. The summed E-state index contributed by atoms with van der Waals surface area (Å²) in [4.78, 5) is 15.4. The zero-order valence-electron chi connectivity index (χ0n) is 10.2. The van der Waals surface area contributed by atoms with E-state index in [1.165, 1.54) is 18.1 Å². The number of aliphatic hydroxyl groups excluding tert-OH is 3. The number of aliphatic hydroxyl groups is 3. The maximum atomic E-state index is 9.58. The van der Waals surface area contributed by atoms with Crippen molar-refractivity contribution in [2.24, 2.45) is 0 Å². The van der Waals surface area contributed by atoms with Crippen LogP contribution in [0.3, 0.4) is 0 Å². The second-order valence-electron chi connectivity index (χ2n) is 3.86. The van der Waals surface area contributed by atoms with E-state index in [2.05, 4.69) is 25.3 Å². The molecule has 0 aliphatic carbocycles. The van der Waals surface area contributed by atoms with Crippen molar-refractivity contribution in [2.75, 3.05) is 24.7 Å². The zero-order chi connectivity index (χ0) is 13.8. The van der Waals surface area contributed by atoms with E-state index in [9.17, 15) is 10.2 Å². The van der Waals surface area contributed by atoms with Crippen LogP contribution in [0.25, 0.3) is 11.2 Å². The third-order valence-corrected chi connectivity index (χ3v) is 3.11. The lowest BCUT2D eigenvalue weighted by molar-refractivity contribution is -0.00702. The van der Waals surface area contributed by atoms with Crippen LogP contribution in [0.4, 0.5) is 5.82 Å². The van der Waals surface area contributed by atoms with E-state index in [0.717, 1.165) is 0 Å². The van der Waals surface area contributed by atoms with E-state index in [0.29, 0.717) is 22.1 Å². The van der Waals surface area contributed by atoms with Crippen LogP contribution in [0.5, 0.6) is 0 Å². The van der Waals surface area contributed by atoms with Crippen molar-refractivity contribution >= 4 is 28.7 Å². The van der Waals surface area contributed by atoms with Crippen LogP contribution >= 0.6 is 11.8 Å². The number of fused-ring (bicyclic) bond motifs is 1. The number of aromatic amines is 1. The second kappa shape index (κ2) is 6.15. The first-order valence-corrected chi connectivity index (χ1v) is 6.84. The van der Waals surface area contributed by atoms with Gasteiger partial charge in [-0.05, 0) is 6.26 Å². The summed E-state index contributed by atoms with van der Waals surface area (Å²) in [7, 11) is 0. The summed E-state index contributed by atoms with van der Waals surface area (Å²) in [6.45, 7) is -0.442. The highest BCUT2D eigenvalue weighted by molar-refractivity contribution is 7.98. The number of rotatable bonds is 6. The molecule has 2 atom stereocenters. The molecule has 0 fully saturated rings. The highest BCUT2D eigenvalue weighted by atomic mass is 32.2. The quantitative estimate of drug-likeness (QED) is 0.345. The van der Waals surface area contributed by atoms with Gasteiger partial charge in [-0.1, -0.05) is 11.8 Å². The summed E-state index contributed by atoms with van der Waals surface area (Å²) in [5.74, 6) is 0.496. The first kappa shape index (κ1) is 14.0. The Kier molecular flexibility index (Phi) is 4.53. The van der Waals surface area contributed by atoms with E-state index in [-0.39, 0.29) is 6.54 Å². The number of hydrogen-bond acceptors (Lipinski definition) is 8. The predicted octanol–water partition coefficient (Wildman–Crippen LogP) is -0.799. The first-order valence-electron chi connectivity index (χ1n) is 5.61. The highest BCUT2D eigenvalue weighted by Gasteiger charge is 2.16. The maximum Gasteiger partial charge on any atom is 0.191 e. The lowest BCUT2D eigenvalue weighted by Gasteiger charge is -2.16. The van der Waals surface area contributed by atoms with Crippen LogP contribution in [-0.4, -0.2) is 66.9 Å². The van der Waals surface area contributed by atoms with Gasteiger partial charge in [0.15, 0.2) is 16.6 Å². The van der Waals surface area contributed by atoms with Crippen molar-refractivity contribution in [1.29, 1.82) is 0 Å². The van der Waals surface area contributed by atoms with Gasteiger partial charge in [-0.15, -0.1) is 0 Å². The number of nitrogens with one attached hydrogen (secondary N) is 2. The zero-order valence-corrected chi connectivity index (χ0v) is 11.1. The molecule has 2 unspecified atom stereocenters. The van der Waals surface area contributed by atoms with Gasteiger partial charge in [-0.2, -0.15) is 0 Å². The lowest BCUT2D eigenvalue weighted by atomic mass is 10.2. The molecule has 19 heavy (non-hydrogen) atoms. The molecule has 0 aliphatic rings. The molecule has 5 N–H and O–H groups in total. The average Bonchev–Trinajstić information content (AvgIpc) is 2.91. The van der Waals surface area contributed by atoms with Crippen molar-refractivity contribution in [2.45, 2.75) is 17.4 Å². The van der Waals surface area contributed by atoms with Crippen molar-refractivity contribution in [1.82, 2.24) is 19.9 Å². The van der Waals surface area contributed by atoms with E-state index in [1.807, 2.05) is 6.26 Å². The summed E-state index contributed by atoms with van der Waals surface area (Å²) < 4.78 is 0. The average molecular weight is 285 g/mol. The summed E-state index contributed by atoms with van der Waals surface area (Å²) in [5, 5.41) is 31.1. The molecule has 0 aliphatic heterocycles. The lowest BCUT2D eigenvalue weighted by Crippen LogP contribution is -2.35. The Morgan fingerprint density at radius 3 is 2.84 bits per heavy atom. The highest BCUT2D eigenvalue weighted by Crippen LogP contribution is 2.20. The van der Waals surface area contributed by atoms with Crippen LogP contribution in [0, 0.1) is 0 Å². The molecule has 0 radical (unpaired) electrons. The molecule has 2 aromatic heterocycles. The van der Waals surface area contributed by atoms with Crippen molar-refractivity contribution in [3.63, 3.8) is 0 Å². The smallest absolute Gasteiger partial charge is 0.191 e. The van der Waals surface area contributed by atoms with Crippen LogP contribution in [0.15, 0.2) is 11.5 Å². The third-order valence-electron chi connectivity index (χ3n) is 2.56. The van der Waals surface area contributed by atoms with Crippen molar-refractivity contribution < 1.29 is 15.3 Å². The summed E-state index contributed by atoms with van der Waals surface area (Å²) in [6.07, 6.45) is 1.08. The van der Waals surface area contributed by atoms with Gasteiger partial charge in [0.05, 0.1) is 19.0 Å². The fraction of sp³-hybridized carbons (Fsp3) is 0.500. The number of imidazole rings is 1. The number of hydrogen-bond donors (Lipinski definition) is 5. The fourth-order valence-electron chi connectivity index (χ4n) is 1.49. The molecule has 2 aromatic rings. The standard InChI is InChI=1S/C10H15N5O3S/c1-19-10-14-8(7-9(15-10)13-4-12-7)11-2-5(17)6(18)3-16/h4-6,16-18H,2-3H2,1H3,(H2,11,12,13,14,15). The number of thioether (sulfide) groups is 1. The molecule has 104 valence electrons. The summed E-state index contributed by atoms with van der Waals surface area (Å²) >= 11 is 1.38. The van der Waals surface area contributed by atoms with Gasteiger partial charge < -0.3 is 25.6 Å². The molecule has 0 spiro atoms. The minimum absolute atomic E-state index is 0.0562. The Balaban J connectivity index is 2.17. The molecule has 2 rings (SSSR count). The molecule has 0 bridgehead atoms. The van der Waals surface area contributed by atoms with E-state index in [1.54, 1.807) is 0 Å². The van der Waals surface area contributed by atoms with Gasteiger partial charge in [0.1, 0.15) is 11.6 Å². The van der Waals surface area contributed by atoms with Gasteiger partial charge >= 0.3 is 0 Å². The molecule has 0 saturated heterocycles. The molecule has 9 heteroatoms. The molecule has 0 aromatic carbocycles. The molecule has 2 heterocycles. The summed E-state index contributed by atoms with van der Waals surface area (Å²) in [5.41, 5.74) is 1.16. The van der Waals surface area contributed by atoms with Gasteiger partial charge in [-0.25, -0.2) is 15.0 Å². The summed E-state index contributed by atoms with van der Waals surface area (Å²) in [6, 6.07) is 0. The molecule has 8 nitrogen and oxygen atoms in total. The topological polar surface area (TPSA) is 127 Å². The second-order valence-corrected chi connectivity index (χ2v) is 4.63. The first-order chi connectivity index (χ1) is 9.15. The molecule has 0 saturated carbocycles. The van der Waals surface area contributed by atoms with Gasteiger partial charge in [0.25, 0.3) is 0 Å². The van der Waals surface area contributed by atoms with Crippen molar-refractivity contribution in [3.8, 4) is 0 Å². The number of aromatic nitrogens is 4. The monoisotopic (exact) mass is 285 g/mol. The minimum atomic E-state index is -1.19. The number of H-pyrrole nitrogens is 1. The van der Waals surface area contributed by atoms with E-state index in [4.69, 9.17) is 5.11 Å². The van der Waals surface area contributed by atoms with Crippen LogP contribution in [-0.2, 0) is 0 Å². The fourth-order valence-corrected chi connectivity index (χ4v) is 1.85. The van der Waals surface area contributed by atoms with Gasteiger partial charge in [0.2, 0.25) is 0 Å². The largest absolute Gasteiger partial charge is 0.394 e. The Morgan fingerprint density at radius 2 is 2.16 bits per heavy atom. The Hall–Kier alpha value is -1.42. The van der Waals surface area contributed by atoms with Crippen LogP contribution < -0.4 is 5.32 Å². The van der Waals surface area contributed by atoms with Crippen molar-refractivity contribution in [3.05, 3.63) is 6.33 Å². The normalized spacial score (nSPS) is 14.5. The van der Waals surface area contributed by atoms with Gasteiger partial charge in [-0.3, -0.25) is 0 Å². The maximum absolute atomic E-state index is 9.58. The molecular formula is C10H15N5O3S. The molecular weight excluding hydrogens is 270 g/mol. The van der Waals surface area contributed by atoms with Crippen LogP contribution in [0.2, 0.25) is 0 Å². The number of anilines is 1. The Bertz CT molecular complexity index is 549. The molecule has 0 amide bonds. The third kappa shape index (κ3) is 3.13. The predicted molar refractivity (Wildman–Crippen MR) is 71.1 cm³/mol. The number of nitrogens with zero attached hydrogens (tertiary/aromatic N) is 3. The Labute approximate surface area is 113 Å². The minimum Gasteiger partial charge on any atom is -0.394 e. The van der Waals surface area contributed by atoms with Gasteiger partial charge in [0, 0.05) is 6.54 Å². The van der Waals surface area contributed by atoms with Crippen LogP contribution in [0.1, 0.15) is 0 Å². The van der Waals surface area contributed by atoms with E-state index >= 15 is 0 Å². The van der Waals surface area contributed by atoms with E-state index < -0.39 is 18.8 Å². The Morgan fingerprint density at radius 1 is 1.37 bits per heavy atom.